The minimum atomic E-state index is 0.0171. The normalized spacial score (nSPS) is 13.7. The summed E-state index contributed by atoms with van der Waals surface area (Å²) in [5.41, 5.74) is 2.18. The van der Waals surface area contributed by atoms with Gasteiger partial charge in [-0.15, -0.1) is 0 Å². The monoisotopic (exact) mass is 275 g/mol. The van der Waals surface area contributed by atoms with Gasteiger partial charge in [0.2, 0.25) is 0 Å². The zero-order valence-electron chi connectivity index (χ0n) is 13.3. The molecule has 1 aromatic heterocycles. The van der Waals surface area contributed by atoms with Crippen LogP contribution in [0, 0.1) is 0 Å². The van der Waals surface area contributed by atoms with E-state index < -0.39 is 0 Å². The molecule has 3 nitrogen and oxygen atoms in total. The van der Waals surface area contributed by atoms with Crippen molar-refractivity contribution in [2.24, 2.45) is 0 Å². The van der Waals surface area contributed by atoms with Gasteiger partial charge in [0.1, 0.15) is 17.1 Å². The van der Waals surface area contributed by atoms with Gasteiger partial charge in [-0.25, -0.2) is 0 Å². The Bertz CT molecular complexity index is 589. The minimum Gasteiger partial charge on any atom is -0.497 e. The lowest BCUT2D eigenvalue weighted by Crippen LogP contribution is -2.14. The number of nitrogens with one attached hydrogen (secondary N) is 1. The average molecular weight is 275 g/mol. The van der Waals surface area contributed by atoms with Crippen LogP contribution in [0.15, 0.2) is 22.6 Å². The largest absolute Gasteiger partial charge is 0.497 e. The van der Waals surface area contributed by atoms with Gasteiger partial charge < -0.3 is 14.5 Å². The summed E-state index contributed by atoms with van der Waals surface area (Å²) in [4.78, 5) is 0. The highest BCUT2D eigenvalue weighted by molar-refractivity contribution is 5.84. The van der Waals surface area contributed by atoms with Gasteiger partial charge in [0, 0.05) is 10.9 Å². The van der Waals surface area contributed by atoms with Gasteiger partial charge in [-0.3, -0.25) is 0 Å². The molecule has 2 rings (SSSR count). The molecule has 1 N–H and O–H groups in total. The number of rotatable bonds is 4. The first kappa shape index (κ1) is 14.9. The van der Waals surface area contributed by atoms with Crippen LogP contribution < -0.4 is 10.1 Å². The molecular formula is C17H25NO2. The van der Waals surface area contributed by atoms with Gasteiger partial charge in [0.25, 0.3) is 0 Å². The standard InChI is InChI=1S/C17H25NO2/c1-7-14(18-5)15-9-11-8-12(19-6)10-13(16(11)20-15)17(2,3)4/h8-10,14,18H,7H2,1-6H3. The fraction of sp³-hybridized carbons (Fsp3) is 0.529. The molecule has 0 spiro atoms. The Morgan fingerprint density at radius 3 is 2.45 bits per heavy atom. The molecule has 0 fully saturated rings. The van der Waals surface area contributed by atoms with E-state index in [1.165, 1.54) is 5.56 Å². The summed E-state index contributed by atoms with van der Waals surface area (Å²) < 4.78 is 11.6. The minimum absolute atomic E-state index is 0.0171. The van der Waals surface area contributed by atoms with Gasteiger partial charge in [-0.2, -0.15) is 0 Å². The molecule has 2 aromatic rings. The molecule has 0 saturated heterocycles. The Labute approximate surface area is 121 Å². The smallest absolute Gasteiger partial charge is 0.138 e. The third-order valence-corrected chi connectivity index (χ3v) is 3.75. The van der Waals surface area contributed by atoms with E-state index >= 15 is 0 Å². The molecule has 0 aliphatic rings. The molecule has 0 amide bonds. The predicted molar refractivity (Wildman–Crippen MR) is 83.6 cm³/mol. The molecule has 1 aromatic carbocycles. The zero-order chi connectivity index (χ0) is 14.9. The Morgan fingerprint density at radius 1 is 1.25 bits per heavy atom. The molecule has 3 heteroatoms. The highest BCUT2D eigenvalue weighted by Crippen LogP contribution is 2.37. The molecule has 0 aliphatic carbocycles. The lowest BCUT2D eigenvalue weighted by atomic mass is 9.86. The van der Waals surface area contributed by atoms with Gasteiger partial charge in [0.05, 0.1) is 13.2 Å². The Kier molecular flexibility index (Phi) is 4.09. The zero-order valence-corrected chi connectivity index (χ0v) is 13.3. The van der Waals surface area contributed by atoms with Gasteiger partial charge in [0.15, 0.2) is 0 Å². The van der Waals surface area contributed by atoms with E-state index in [1.54, 1.807) is 7.11 Å². The fourth-order valence-electron chi connectivity index (χ4n) is 2.54. The maximum Gasteiger partial charge on any atom is 0.138 e. The topological polar surface area (TPSA) is 34.4 Å². The summed E-state index contributed by atoms with van der Waals surface area (Å²) >= 11 is 0. The van der Waals surface area contributed by atoms with Crippen LogP contribution in [-0.2, 0) is 5.41 Å². The second-order valence-corrected chi connectivity index (χ2v) is 6.24. The van der Waals surface area contributed by atoms with Crippen molar-refractivity contribution < 1.29 is 9.15 Å². The number of methoxy groups -OCH3 is 1. The Balaban J connectivity index is 2.66. The molecular weight excluding hydrogens is 250 g/mol. The van der Waals surface area contributed by atoms with Gasteiger partial charge >= 0.3 is 0 Å². The molecule has 110 valence electrons. The van der Waals surface area contributed by atoms with E-state index in [-0.39, 0.29) is 11.5 Å². The van der Waals surface area contributed by atoms with Crippen molar-refractivity contribution in [2.45, 2.75) is 45.6 Å². The van der Waals surface area contributed by atoms with Crippen LogP contribution in [0.25, 0.3) is 11.0 Å². The van der Waals surface area contributed by atoms with Crippen LogP contribution in [0.1, 0.15) is 51.5 Å². The van der Waals surface area contributed by atoms with Crippen molar-refractivity contribution in [3.8, 4) is 5.75 Å². The van der Waals surface area contributed by atoms with E-state index in [2.05, 4.69) is 45.1 Å². The van der Waals surface area contributed by atoms with Crippen LogP contribution >= 0.6 is 0 Å². The first-order valence-corrected chi connectivity index (χ1v) is 7.20. The number of benzene rings is 1. The highest BCUT2D eigenvalue weighted by atomic mass is 16.5. The predicted octanol–water partition coefficient (Wildman–Crippen LogP) is 4.41. The number of furan rings is 1. The quantitative estimate of drug-likeness (QED) is 0.897. The van der Waals surface area contributed by atoms with Crippen molar-refractivity contribution in [3.05, 3.63) is 29.5 Å². The number of hydrogen-bond acceptors (Lipinski definition) is 3. The first-order chi connectivity index (χ1) is 9.40. The highest BCUT2D eigenvalue weighted by Gasteiger charge is 2.22. The van der Waals surface area contributed by atoms with Crippen molar-refractivity contribution in [2.75, 3.05) is 14.2 Å². The van der Waals surface area contributed by atoms with E-state index in [4.69, 9.17) is 9.15 Å². The van der Waals surface area contributed by atoms with E-state index in [0.29, 0.717) is 0 Å². The summed E-state index contributed by atoms with van der Waals surface area (Å²) in [6.07, 6.45) is 0.998. The summed E-state index contributed by atoms with van der Waals surface area (Å²) in [6.45, 7) is 8.73. The van der Waals surface area contributed by atoms with Crippen LogP contribution in [-0.4, -0.2) is 14.2 Å². The van der Waals surface area contributed by atoms with Gasteiger partial charge in [-0.05, 0) is 37.1 Å². The first-order valence-electron chi connectivity index (χ1n) is 7.20. The maximum atomic E-state index is 6.15. The van der Waals surface area contributed by atoms with E-state index in [0.717, 1.165) is 28.9 Å². The molecule has 0 radical (unpaired) electrons. The van der Waals surface area contributed by atoms with Crippen LogP contribution in [0.3, 0.4) is 0 Å². The third-order valence-electron chi connectivity index (χ3n) is 3.75. The Hall–Kier alpha value is -1.48. The molecule has 0 aliphatic heterocycles. The lowest BCUT2D eigenvalue weighted by Gasteiger charge is -2.20. The second kappa shape index (κ2) is 5.49. The van der Waals surface area contributed by atoms with Crippen LogP contribution in [0.2, 0.25) is 0 Å². The summed E-state index contributed by atoms with van der Waals surface area (Å²) in [5, 5.41) is 4.40. The Morgan fingerprint density at radius 2 is 1.95 bits per heavy atom. The summed E-state index contributed by atoms with van der Waals surface area (Å²) in [5.74, 6) is 1.87. The van der Waals surface area contributed by atoms with Crippen molar-refractivity contribution in [3.63, 3.8) is 0 Å². The maximum absolute atomic E-state index is 6.15. The van der Waals surface area contributed by atoms with E-state index in [9.17, 15) is 0 Å². The molecule has 1 atom stereocenters. The number of ether oxygens (including phenoxy) is 1. The summed E-state index contributed by atoms with van der Waals surface area (Å²) in [7, 11) is 3.67. The summed E-state index contributed by atoms with van der Waals surface area (Å²) in [6, 6.07) is 6.49. The van der Waals surface area contributed by atoms with Crippen molar-refractivity contribution in [1.82, 2.24) is 5.32 Å². The average Bonchev–Trinajstić information content (AvgIpc) is 2.81. The molecule has 20 heavy (non-hydrogen) atoms. The SMILES string of the molecule is CCC(NC)c1cc2cc(OC)cc(C(C)(C)C)c2o1. The number of hydrogen-bond donors (Lipinski definition) is 1. The van der Waals surface area contributed by atoms with Crippen molar-refractivity contribution in [1.29, 1.82) is 0 Å². The molecule has 0 saturated carbocycles. The van der Waals surface area contributed by atoms with E-state index in [1.807, 2.05) is 13.1 Å². The second-order valence-electron chi connectivity index (χ2n) is 6.24. The van der Waals surface area contributed by atoms with Crippen LogP contribution in [0.4, 0.5) is 0 Å². The van der Waals surface area contributed by atoms with Crippen molar-refractivity contribution >= 4 is 11.0 Å². The lowest BCUT2D eigenvalue weighted by molar-refractivity contribution is 0.412. The molecule has 0 bridgehead atoms. The molecule has 1 unspecified atom stereocenters. The fourth-order valence-corrected chi connectivity index (χ4v) is 2.54. The number of fused-ring (bicyclic) bond motifs is 1. The van der Waals surface area contributed by atoms with Gasteiger partial charge in [-0.1, -0.05) is 27.7 Å². The van der Waals surface area contributed by atoms with Crippen LogP contribution in [0.5, 0.6) is 5.75 Å². The third kappa shape index (κ3) is 2.68. The molecule has 1 heterocycles.